The lowest BCUT2D eigenvalue weighted by molar-refractivity contribution is 0.0951. The zero-order valence-corrected chi connectivity index (χ0v) is 12.8. The van der Waals surface area contributed by atoms with Crippen LogP contribution in [-0.4, -0.2) is 5.91 Å². The number of halogens is 2. The summed E-state index contributed by atoms with van der Waals surface area (Å²) in [5, 5.41) is 3.30. The van der Waals surface area contributed by atoms with Gasteiger partial charge < -0.3 is 5.32 Å². The van der Waals surface area contributed by atoms with Gasteiger partial charge in [0.1, 0.15) is 0 Å². The fourth-order valence-electron chi connectivity index (χ4n) is 1.78. The summed E-state index contributed by atoms with van der Waals surface area (Å²) in [7, 11) is 0. The molecule has 0 atom stereocenters. The molecule has 98 valence electrons. The maximum atomic E-state index is 12.1. The summed E-state index contributed by atoms with van der Waals surface area (Å²) in [6.07, 6.45) is 0. The van der Waals surface area contributed by atoms with Gasteiger partial charge in [0.2, 0.25) is 0 Å². The first-order valence-electron chi connectivity index (χ1n) is 5.85. The second-order valence-corrected chi connectivity index (χ2v) is 5.51. The van der Waals surface area contributed by atoms with Gasteiger partial charge in [-0.25, -0.2) is 0 Å². The van der Waals surface area contributed by atoms with E-state index in [4.69, 9.17) is 11.6 Å². The monoisotopic (exact) mass is 337 g/mol. The summed E-state index contributed by atoms with van der Waals surface area (Å²) in [4.78, 5) is 12.1. The third kappa shape index (κ3) is 3.58. The van der Waals surface area contributed by atoms with Crippen LogP contribution in [-0.2, 0) is 6.54 Å². The van der Waals surface area contributed by atoms with Crippen molar-refractivity contribution in [1.82, 2.24) is 5.32 Å². The fraction of sp³-hybridized carbons (Fsp3) is 0.133. The fourth-order valence-corrected chi connectivity index (χ4v) is 2.36. The maximum Gasteiger partial charge on any atom is 0.253 e. The first-order valence-corrected chi connectivity index (χ1v) is 7.03. The van der Waals surface area contributed by atoms with Gasteiger partial charge in [0, 0.05) is 11.0 Å². The molecule has 0 bridgehead atoms. The van der Waals surface area contributed by atoms with Gasteiger partial charge in [0.25, 0.3) is 5.91 Å². The molecule has 0 aliphatic rings. The van der Waals surface area contributed by atoms with Crippen LogP contribution in [0, 0.1) is 6.92 Å². The summed E-state index contributed by atoms with van der Waals surface area (Å²) in [5.41, 5.74) is 2.72. The van der Waals surface area contributed by atoms with Gasteiger partial charge in [-0.3, -0.25) is 4.79 Å². The Balaban J connectivity index is 2.08. The van der Waals surface area contributed by atoms with Gasteiger partial charge in [-0.15, -0.1) is 0 Å². The SMILES string of the molecule is Cc1cccc(CNC(=O)c2cccc(Br)c2Cl)c1. The molecule has 0 aliphatic heterocycles. The highest BCUT2D eigenvalue weighted by atomic mass is 79.9. The van der Waals surface area contributed by atoms with E-state index >= 15 is 0 Å². The van der Waals surface area contributed by atoms with E-state index in [0.717, 1.165) is 10.0 Å². The normalized spacial score (nSPS) is 10.3. The zero-order valence-electron chi connectivity index (χ0n) is 10.4. The van der Waals surface area contributed by atoms with Crippen LogP contribution in [0.15, 0.2) is 46.9 Å². The quantitative estimate of drug-likeness (QED) is 0.886. The van der Waals surface area contributed by atoms with E-state index in [9.17, 15) is 4.79 Å². The van der Waals surface area contributed by atoms with Gasteiger partial charge in [-0.05, 0) is 40.5 Å². The minimum absolute atomic E-state index is 0.173. The van der Waals surface area contributed by atoms with Crippen molar-refractivity contribution in [3.63, 3.8) is 0 Å². The smallest absolute Gasteiger partial charge is 0.253 e. The highest BCUT2D eigenvalue weighted by Gasteiger charge is 2.11. The van der Waals surface area contributed by atoms with Gasteiger partial charge in [0.05, 0.1) is 10.6 Å². The lowest BCUT2D eigenvalue weighted by atomic mass is 10.1. The summed E-state index contributed by atoms with van der Waals surface area (Å²) in [6, 6.07) is 13.3. The van der Waals surface area contributed by atoms with Crippen molar-refractivity contribution >= 4 is 33.4 Å². The summed E-state index contributed by atoms with van der Waals surface area (Å²) >= 11 is 9.40. The van der Waals surface area contributed by atoms with Crippen LogP contribution in [0.1, 0.15) is 21.5 Å². The molecule has 0 heterocycles. The average molecular weight is 339 g/mol. The number of carbonyl (C=O) groups is 1. The Labute approximate surface area is 125 Å². The molecule has 0 spiro atoms. The van der Waals surface area contributed by atoms with Gasteiger partial charge in [-0.2, -0.15) is 0 Å². The number of nitrogens with one attached hydrogen (secondary N) is 1. The Morgan fingerprint density at radius 1 is 1.26 bits per heavy atom. The number of carbonyl (C=O) groups excluding carboxylic acids is 1. The third-order valence-corrected chi connectivity index (χ3v) is 4.03. The Kier molecular flexibility index (Phi) is 4.61. The molecule has 19 heavy (non-hydrogen) atoms. The zero-order chi connectivity index (χ0) is 13.8. The van der Waals surface area contributed by atoms with E-state index in [1.807, 2.05) is 31.2 Å². The number of amides is 1. The molecule has 0 unspecified atom stereocenters. The molecule has 2 aromatic carbocycles. The third-order valence-electron chi connectivity index (χ3n) is 2.73. The number of aryl methyl sites for hydroxylation is 1. The molecule has 0 saturated heterocycles. The summed E-state index contributed by atoms with van der Waals surface area (Å²) in [6.45, 7) is 2.51. The molecule has 0 radical (unpaired) electrons. The van der Waals surface area contributed by atoms with Crippen LogP contribution in [0.5, 0.6) is 0 Å². The number of rotatable bonds is 3. The molecule has 0 aromatic heterocycles. The average Bonchev–Trinajstić information content (AvgIpc) is 2.39. The summed E-state index contributed by atoms with van der Waals surface area (Å²) in [5.74, 6) is -0.173. The van der Waals surface area contributed by atoms with Crippen molar-refractivity contribution in [2.24, 2.45) is 0 Å². The molecule has 0 saturated carbocycles. The highest BCUT2D eigenvalue weighted by Crippen LogP contribution is 2.25. The van der Waals surface area contributed by atoms with Crippen LogP contribution < -0.4 is 5.32 Å². The Morgan fingerprint density at radius 2 is 2.00 bits per heavy atom. The molecular formula is C15H13BrClNO. The minimum atomic E-state index is -0.173. The Morgan fingerprint density at radius 3 is 2.74 bits per heavy atom. The molecule has 2 aromatic rings. The number of hydrogen-bond acceptors (Lipinski definition) is 1. The molecule has 0 aliphatic carbocycles. The van der Waals surface area contributed by atoms with Gasteiger partial charge >= 0.3 is 0 Å². The van der Waals surface area contributed by atoms with Crippen LogP contribution in [0.25, 0.3) is 0 Å². The van der Waals surface area contributed by atoms with Crippen LogP contribution in [0.3, 0.4) is 0 Å². The van der Waals surface area contributed by atoms with Crippen LogP contribution >= 0.6 is 27.5 Å². The van der Waals surface area contributed by atoms with E-state index < -0.39 is 0 Å². The molecule has 2 rings (SSSR count). The second-order valence-electron chi connectivity index (χ2n) is 4.27. The molecule has 1 amide bonds. The lowest BCUT2D eigenvalue weighted by Crippen LogP contribution is -2.23. The van der Waals surface area contributed by atoms with Gasteiger partial charge in [0.15, 0.2) is 0 Å². The largest absolute Gasteiger partial charge is 0.348 e. The topological polar surface area (TPSA) is 29.1 Å². The predicted octanol–water partition coefficient (Wildman–Crippen LogP) is 4.34. The predicted molar refractivity (Wildman–Crippen MR) is 81.5 cm³/mol. The Hall–Kier alpha value is -1.32. The molecule has 0 fully saturated rings. The molecular weight excluding hydrogens is 326 g/mol. The highest BCUT2D eigenvalue weighted by molar-refractivity contribution is 9.10. The molecule has 2 nitrogen and oxygen atoms in total. The lowest BCUT2D eigenvalue weighted by Gasteiger charge is -2.08. The standard InChI is InChI=1S/C15H13BrClNO/c1-10-4-2-5-11(8-10)9-18-15(19)12-6-3-7-13(16)14(12)17/h2-8H,9H2,1H3,(H,18,19). The van der Waals surface area contributed by atoms with Crippen molar-refractivity contribution in [2.75, 3.05) is 0 Å². The van der Waals surface area contributed by atoms with E-state index in [0.29, 0.717) is 17.1 Å². The van der Waals surface area contributed by atoms with Crippen molar-refractivity contribution < 1.29 is 4.79 Å². The number of hydrogen-bond donors (Lipinski definition) is 1. The van der Waals surface area contributed by atoms with E-state index in [1.54, 1.807) is 18.2 Å². The van der Waals surface area contributed by atoms with E-state index in [-0.39, 0.29) is 5.91 Å². The van der Waals surface area contributed by atoms with Crippen LogP contribution in [0.4, 0.5) is 0 Å². The second kappa shape index (κ2) is 6.22. The van der Waals surface area contributed by atoms with Crippen LogP contribution in [0.2, 0.25) is 5.02 Å². The van der Waals surface area contributed by atoms with E-state index in [1.165, 1.54) is 5.56 Å². The van der Waals surface area contributed by atoms with Crippen molar-refractivity contribution in [3.05, 3.63) is 68.7 Å². The maximum absolute atomic E-state index is 12.1. The van der Waals surface area contributed by atoms with Crippen molar-refractivity contribution in [2.45, 2.75) is 13.5 Å². The summed E-state index contributed by atoms with van der Waals surface area (Å²) < 4.78 is 0.720. The molecule has 1 N–H and O–H groups in total. The van der Waals surface area contributed by atoms with Crippen molar-refractivity contribution in [1.29, 1.82) is 0 Å². The van der Waals surface area contributed by atoms with Crippen molar-refractivity contribution in [3.8, 4) is 0 Å². The van der Waals surface area contributed by atoms with Gasteiger partial charge in [-0.1, -0.05) is 47.5 Å². The first kappa shape index (κ1) is 14.1. The molecule has 4 heteroatoms. The Bertz CT molecular complexity index is 613. The number of benzene rings is 2. The minimum Gasteiger partial charge on any atom is -0.348 e. The van der Waals surface area contributed by atoms with E-state index in [2.05, 4.69) is 21.2 Å². The first-order chi connectivity index (χ1) is 9.08.